The third-order valence-electron chi connectivity index (χ3n) is 4.64. The van der Waals surface area contributed by atoms with E-state index in [1.54, 1.807) is 0 Å². The van der Waals surface area contributed by atoms with E-state index in [2.05, 4.69) is 26.1 Å². The number of amides is 1. The van der Waals surface area contributed by atoms with Gasteiger partial charge in [0, 0.05) is 18.6 Å². The largest absolute Gasteiger partial charge is 0.350 e. The second-order valence-electron chi connectivity index (χ2n) is 5.79. The average Bonchev–Trinajstić information content (AvgIpc) is 2.44. The maximum absolute atomic E-state index is 12.4. The molecule has 1 aliphatic heterocycles. The first kappa shape index (κ1) is 17.4. The highest BCUT2D eigenvalue weighted by Gasteiger charge is 2.33. The fourth-order valence-electron chi connectivity index (χ4n) is 2.84. The Morgan fingerprint density at radius 3 is 2.25 bits per heavy atom. The van der Waals surface area contributed by atoms with Gasteiger partial charge in [0.2, 0.25) is 15.9 Å². The van der Waals surface area contributed by atoms with E-state index in [1.165, 1.54) is 10.6 Å². The standard InChI is InChI=1S/C14H28N2O3S/c1-5-14(6-2,7-3)15-13(17)12-9-8-10-16(11-12)20(4,18)19/h12H,5-11H2,1-4H3,(H,15,17)/t12-/m0/s1. The summed E-state index contributed by atoms with van der Waals surface area (Å²) in [5.74, 6) is -0.216. The summed E-state index contributed by atoms with van der Waals surface area (Å²) < 4.78 is 24.6. The second kappa shape index (κ2) is 6.89. The Hall–Kier alpha value is -0.620. The number of hydrogen-bond acceptors (Lipinski definition) is 3. The molecule has 0 radical (unpaired) electrons. The molecule has 1 amide bonds. The molecular formula is C14H28N2O3S. The van der Waals surface area contributed by atoms with Gasteiger partial charge in [-0.1, -0.05) is 20.8 Å². The topological polar surface area (TPSA) is 66.5 Å². The first-order chi connectivity index (χ1) is 9.28. The van der Waals surface area contributed by atoms with Crippen LogP contribution in [0.5, 0.6) is 0 Å². The van der Waals surface area contributed by atoms with Crippen LogP contribution in [0.1, 0.15) is 52.9 Å². The Balaban J connectivity index is 2.72. The van der Waals surface area contributed by atoms with Crippen LogP contribution in [0, 0.1) is 5.92 Å². The maximum atomic E-state index is 12.4. The van der Waals surface area contributed by atoms with E-state index in [-0.39, 0.29) is 17.4 Å². The predicted molar refractivity (Wildman–Crippen MR) is 80.9 cm³/mol. The van der Waals surface area contributed by atoms with Gasteiger partial charge in [-0.25, -0.2) is 12.7 Å². The Labute approximate surface area is 123 Å². The third kappa shape index (κ3) is 4.19. The highest BCUT2D eigenvalue weighted by Crippen LogP contribution is 2.23. The lowest BCUT2D eigenvalue weighted by molar-refractivity contribution is -0.128. The van der Waals surface area contributed by atoms with Gasteiger partial charge < -0.3 is 5.32 Å². The number of sulfonamides is 1. The number of nitrogens with one attached hydrogen (secondary N) is 1. The zero-order valence-electron chi connectivity index (χ0n) is 13.1. The molecule has 1 heterocycles. The quantitative estimate of drug-likeness (QED) is 0.813. The van der Waals surface area contributed by atoms with E-state index in [0.29, 0.717) is 13.1 Å². The molecule has 0 aromatic rings. The third-order valence-corrected chi connectivity index (χ3v) is 5.91. The van der Waals surface area contributed by atoms with Crippen LogP contribution < -0.4 is 5.32 Å². The summed E-state index contributed by atoms with van der Waals surface area (Å²) in [4.78, 5) is 12.4. The molecule has 0 aromatic heterocycles. The van der Waals surface area contributed by atoms with Crippen molar-refractivity contribution in [3.63, 3.8) is 0 Å². The average molecular weight is 304 g/mol. The summed E-state index contributed by atoms with van der Waals surface area (Å²) in [6.45, 7) is 7.09. The van der Waals surface area contributed by atoms with E-state index < -0.39 is 10.0 Å². The Kier molecular flexibility index (Phi) is 6.01. The van der Waals surface area contributed by atoms with Crippen LogP contribution in [0.15, 0.2) is 0 Å². The molecule has 20 heavy (non-hydrogen) atoms. The van der Waals surface area contributed by atoms with Crippen LogP contribution in [0.3, 0.4) is 0 Å². The number of rotatable bonds is 6. The lowest BCUT2D eigenvalue weighted by Gasteiger charge is -2.36. The molecule has 1 N–H and O–H groups in total. The van der Waals surface area contributed by atoms with Crippen molar-refractivity contribution >= 4 is 15.9 Å². The van der Waals surface area contributed by atoms with Crippen molar-refractivity contribution < 1.29 is 13.2 Å². The van der Waals surface area contributed by atoms with Crippen LogP contribution in [0.2, 0.25) is 0 Å². The lowest BCUT2D eigenvalue weighted by atomic mass is 9.88. The number of nitrogens with zero attached hydrogens (tertiary/aromatic N) is 1. The van der Waals surface area contributed by atoms with Gasteiger partial charge in [-0.05, 0) is 32.1 Å². The fourth-order valence-corrected chi connectivity index (χ4v) is 3.75. The molecule has 0 aliphatic carbocycles. The van der Waals surface area contributed by atoms with Crippen molar-refractivity contribution in [3.05, 3.63) is 0 Å². The summed E-state index contributed by atoms with van der Waals surface area (Å²) in [5.41, 5.74) is -0.148. The first-order valence-electron chi connectivity index (χ1n) is 7.55. The van der Waals surface area contributed by atoms with Crippen LogP contribution in [0.4, 0.5) is 0 Å². The minimum Gasteiger partial charge on any atom is -0.350 e. The molecule has 0 unspecified atom stereocenters. The van der Waals surface area contributed by atoms with Crippen molar-refractivity contribution in [2.75, 3.05) is 19.3 Å². The normalized spacial score (nSPS) is 21.7. The minimum atomic E-state index is -3.20. The van der Waals surface area contributed by atoms with Crippen LogP contribution >= 0.6 is 0 Å². The van der Waals surface area contributed by atoms with Crippen LogP contribution in [-0.4, -0.2) is 43.5 Å². The van der Waals surface area contributed by atoms with Gasteiger partial charge >= 0.3 is 0 Å². The number of piperidine rings is 1. The molecule has 5 nitrogen and oxygen atoms in total. The summed E-state index contributed by atoms with van der Waals surface area (Å²) in [5, 5.41) is 3.16. The van der Waals surface area contributed by atoms with E-state index in [9.17, 15) is 13.2 Å². The molecule has 1 aliphatic rings. The molecule has 118 valence electrons. The lowest BCUT2D eigenvalue weighted by Crippen LogP contribution is -2.52. The molecule has 0 spiro atoms. The van der Waals surface area contributed by atoms with Gasteiger partial charge in [0.15, 0.2) is 0 Å². The summed E-state index contributed by atoms with van der Waals surface area (Å²) in [7, 11) is -3.20. The minimum absolute atomic E-state index is 0.00361. The smallest absolute Gasteiger partial charge is 0.224 e. The summed E-state index contributed by atoms with van der Waals surface area (Å²) in [6.07, 6.45) is 5.42. The van der Waals surface area contributed by atoms with Crippen LogP contribution in [-0.2, 0) is 14.8 Å². The summed E-state index contributed by atoms with van der Waals surface area (Å²) >= 11 is 0. The number of carbonyl (C=O) groups is 1. The van der Waals surface area contributed by atoms with Gasteiger partial charge in [0.25, 0.3) is 0 Å². The van der Waals surface area contributed by atoms with E-state index in [1.807, 2.05) is 0 Å². The molecular weight excluding hydrogens is 276 g/mol. The van der Waals surface area contributed by atoms with Gasteiger partial charge in [-0.2, -0.15) is 0 Å². The molecule has 1 fully saturated rings. The monoisotopic (exact) mass is 304 g/mol. The Bertz CT molecular complexity index is 421. The van der Waals surface area contributed by atoms with E-state index in [0.717, 1.165) is 32.1 Å². The van der Waals surface area contributed by atoms with Crippen molar-refractivity contribution in [1.29, 1.82) is 0 Å². The number of hydrogen-bond donors (Lipinski definition) is 1. The molecule has 0 saturated carbocycles. The summed E-state index contributed by atoms with van der Waals surface area (Å²) in [6, 6.07) is 0. The number of carbonyl (C=O) groups excluding carboxylic acids is 1. The van der Waals surface area contributed by atoms with Crippen LogP contribution in [0.25, 0.3) is 0 Å². The molecule has 0 bridgehead atoms. The molecule has 0 aromatic carbocycles. The molecule has 6 heteroatoms. The van der Waals surface area contributed by atoms with Gasteiger partial charge in [-0.15, -0.1) is 0 Å². The second-order valence-corrected chi connectivity index (χ2v) is 7.77. The Morgan fingerprint density at radius 2 is 1.80 bits per heavy atom. The molecule has 1 rings (SSSR count). The fraction of sp³-hybridized carbons (Fsp3) is 0.929. The highest BCUT2D eigenvalue weighted by molar-refractivity contribution is 7.88. The van der Waals surface area contributed by atoms with Gasteiger partial charge in [-0.3, -0.25) is 4.79 Å². The van der Waals surface area contributed by atoms with Crippen molar-refractivity contribution in [1.82, 2.24) is 9.62 Å². The maximum Gasteiger partial charge on any atom is 0.224 e. The van der Waals surface area contributed by atoms with Crippen molar-refractivity contribution in [2.45, 2.75) is 58.4 Å². The predicted octanol–water partition coefficient (Wildman–Crippen LogP) is 1.74. The first-order valence-corrected chi connectivity index (χ1v) is 9.40. The van der Waals surface area contributed by atoms with Gasteiger partial charge in [0.1, 0.15) is 0 Å². The molecule has 1 atom stereocenters. The SMILES string of the molecule is CCC(CC)(CC)NC(=O)[C@H]1CCCN(S(C)(=O)=O)C1. The molecule has 1 saturated heterocycles. The van der Waals surface area contributed by atoms with E-state index in [4.69, 9.17) is 0 Å². The van der Waals surface area contributed by atoms with E-state index >= 15 is 0 Å². The van der Waals surface area contributed by atoms with Crippen molar-refractivity contribution in [2.24, 2.45) is 5.92 Å². The zero-order chi connectivity index (χ0) is 15.4. The van der Waals surface area contributed by atoms with Gasteiger partial charge in [0.05, 0.1) is 12.2 Å². The van der Waals surface area contributed by atoms with Crippen molar-refractivity contribution in [3.8, 4) is 0 Å². The zero-order valence-corrected chi connectivity index (χ0v) is 13.9. The highest BCUT2D eigenvalue weighted by atomic mass is 32.2. The Morgan fingerprint density at radius 1 is 1.25 bits per heavy atom.